The number of likely N-dealkylation sites (N-methyl/N-ethyl adjacent to an activating group) is 1. The molecule has 54 valence electrons. The van der Waals surface area contributed by atoms with Gasteiger partial charge in [0.15, 0.2) is 0 Å². The molecule has 0 aliphatic carbocycles. The van der Waals surface area contributed by atoms with E-state index < -0.39 is 0 Å². The number of hydrogen-bond donors (Lipinski definition) is 1. The van der Waals surface area contributed by atoms with Gasteiger partial charge < -0.3 is 10.1 Å². The minimum absolute atomic E-state index is 0.435. The van der Waals surface area contributed by atoms with E-state index in [4.69, 9.17) is 4.74 Å². The lowest BCUT2D eigenvalue weighted by molar-refractivity contribution is 0.143. The quantitative estimate of drug-likeness (QED) is 0.438. The van der Waals surface area contributed by atoms with Crippen LogP contribution in [0.5, 0.6) is 0 Å². The summed E-state index contributed by atoms with van der Waals surface area (Å²) in [6.45, 7) is 7.01. The molecule has 2 heteroatoms. The molecule has 1 N–H and O–H groups in total. The lowest BCUT2D eigenvalue weighted by Gasteiger charge is -2.08. The zero-order valence-electron chi connectivity index (χ0n) is 6.18. The fourth-order valence-corrected chi connectivity index (χ4v) is 0.411. The molecule has 0 saturated heterocycles. The largest absolute Gasteiger partial charge is 0.376 e. The average molecular weight is 129 g/mol. The van der Waals surface area contributed by atoms with E-state index in [9.17, 15) is 0 Å². The molecule has 1 atom stereocenters. The molecule has 0 unspecified atom stereocenters. The summed E-state index contributed by atoms with van der Waals surface area (Å²) in [6.07, 6.45) is 1.75. The van der Waals surface area contributed by atoms with Crippen molar-refractivity contribution in [1.82, 2.24) is 5.32 Å². The van der Waals surface area contributed by atoms with Crippen molar-refractivity contribution in [2.45, 2.75) is 13.0 Å². The van der Waals surface area contributed by atoms with E-state index in [0.717, 1.165) is 6.61 Å². The third kappa shape index (κ3) is 5.53. The normalized spacial score (nSPS) is 13.1. The third-order valence-electron chi connectivity index (χ3n) is 1.10. The summed E-state index contributed by atoms with van der Waals surface area (Å²) in [5.74, 6) is 0. The zero-order valence-corrected chi connectivity index (χ0v) is 6.18. The number of rotatable bonds is 5. The van der Waals surface area contributed by atoms with E-state index in [2.05, 4.69) is 18.8 Å². The van der Waals surface area contributed by atoms with Gasteiger partial charge in [-0.2, -0.15) is 0 Å². The van der Waals surface area contributed by atoms with Gasteiger partial charge in [-0.3, -0.25) is 0 Å². The summed E-state index contributed by atoms with van der Waals surface area (Å²) in [6, 6.07) is 0.435. The standard InChI is InChI=1S/C7H15NO/c1-4-5-9-6-7(2)8-3/h4,7-8H,1,5-6H2,2-3H3/t7-/m1/s1. The SMILES string of the molecule is C=CCOC[C@@H](C)NC. The summed E-state index contributed by atoms with van der Waals surface area (Å²) in [4.78, 5) is 0. The van der Waals surface area contributed by atoms with E-state index in [1.807, 2.05) is 7.05 Å². The molecule has 0 bridgehead atoms. The van der Waals surface area contributed by atoms with Gasteiger partial charge in [-0.05, 0) is 14.0 Å². The predicted octanol–water partition coefficient (Wildman–Crippen LogP) is 0.797. The van der Waals surface area contributed by atoms with Crippen LogP contribution < -0.4 is 5.32 Å². The first-order chi connectivity index (χ1) is 4.31. The maximum atomic E-state index is 5.15. The van der Waals surface area contributed by atoms with Crippen molar-refractivity contribution < 1.29 is 4.74 Å². The van der Waals surface area contributed by atoms with Gasteiger partial charge in [0.05, 0.1) is 13.2 Å². The van der Waals surface area contributed by atoms with Gasteiger partial charge in [0, 0.05) is 6.04 Å². The number of ether oxygens (including phenoxy) is 1. The Morgan fingerprint density at radius 2 is 2.44 bits per heavy atom. The van der Waals surface area contributed by atoms with E-state index in [1.54, 1.807) is 6.08 Å². The van der Waals surface area contributed by atoms with Gasteiger partial charge in [0.2, 0.25) is 0 Å². The Morgan fingerprint density at radius 3 is 2.89 bits per heavy atom. The minimum Gasteiger partial charge on any atom is -0.376 e. The molecule has 0 fully saturated rings. The topological polar surface area (TPSA) is 21.3 Å². The fourth-order valence-electron chi connectivity index (χ4n) is 0.411. The fraction of sp³-hybridized carbons (Fsp3) is 0.714. The van der Waals surface area contributed by atoms with Gasteiger partial charge in [0.1, 0.15) is 0 Å². The summed E-state index contributed by atoms with van der Waals surface area (Å²) < 4.78 is 5.15. The van der Waals surface area contributed by atoms with Crippen LogP contribution in [0.25, 0.3) is 0 Å². The van der Waals surface area contributed by atoms with Crippen molar-refractivity contribution in [1.29, 1.82) is 0 Å². The summed E-state index contributed by atoms with van der Waals surface area (Å²) in [7, 11) is 1.92. The smallest absolute Gasteiger partial charge is 0.0645 e. The van der Waals surface area contributed by atoms with Crippen molar-refractivity contribution in [2.75, 3.05) is 20.3 Å². The van der Waals surface area contributed by atoms with Crippen molar-refractivity contribution >= 4 is 0 Å². The van der Waals surface area contributed by atoms with Crippen LogP contribution in [0.3, 0.4) is 0 Å². The second kappa shape index (κ2) is 5.79. The first-order valence-electron chi connectivity index (χ1n) is 3.17. The molecule has 2 nitrogen and oxygen atoms in total. The minimum atomic E-state index is 0.435. The van der Waals surface area contributed by atoms with Crippen molar-refractivity contribution in [3.8, 4) is 0 Å². The summed E-state index contributed by atoms with van der Waals surface area (Å²) in [5, 5.41) is 3.06. The van der Waals surface area contributed by atoms with Gasteiger partial charge in [0.25, 0.3) is 0 Å². The number of nitrogens with one attached hydrogen (secondary N) is 1. The molecule has 0 amide bonds. The average Bonchev–Trinajstić information content (AvgIpc) is 1.89. The molecule has 0 heterocycles. The molecule has 0 saturated carbocycles. The van der Waals surface area contributed by atoms with Crippen LogP contribution in [0.2, 0.25) is 0 Å². The molecule has 0 aromatic carbocycles. The molecule has 0 rings (SSSR count). The number of hydrogen-bond acceptors (Lipinski definition) is 2. The van der Waals surface area contributed by atoms with Crippen LogP contribution in [0.4, 0.5) is 0 Å². The molecule has 0 radical (unpaired) electrons. The van der Waals surface area contributed by atoms with E-state index in [1.165, 1.54) is 0 Å². The Balaban J connectivity index is 2.96. The summed E-state index contributed by atoms with van der Waals surface area (Å²) in [5.41, 5.74) is 0. The van der Waals surface area contributed by atoms with Gasteiger partial charge in [-0.15, -0.1) is 6.58 Å². The lowest BCUT2D eigenvalue weighted by atomic mass is 10.4. The molecular weight excluding hydrogens is 114 g/mol. The van der Waals surface area contributed by atoms with Crippen LogP contribution in [-0.4, -0.2) is 26.3 Å². The summed E-state index contributed by atoms with van der Waals surface area (Å²) >= 11 is 0. The molecule has 9 heavy (non-hydrogen) atoms. The first kappa shape index (κ1) is 8.66. The van der Waals surface area contributed by atoms with Crippen LogP contribution >= 0.6 is 0 Å². The van der Waals surface area contributed by atoms with Crippen LogP contribution in [-0.2, 0) is 4.74 Å². The molecule has 0 spiro atoms. The van der Waals surface area contributed by atoms with Crippen molar-refractivity contribution in [3.05, 3.63) is 12.7 Å². The maximum Gasteiger partial charge on any atom is 0.0645 e. The van der Waals surface area contributed by atoms with Crippen LogP contribution in [0, 0.1) is 0 Å². The molecule has 0 aromatic rings. The second-order valence-electron chi connectivity index (χ2n) is 2.02. The van der Waals surface area contributed by atoms with Gasteiger partial charge >= 0.3 is 0 Å². The van der Waals surface area contributed by atoms with E-state index in [0.29, 0.717) is 12.6 Å². The van der Waals surface area contributed by atoms with Gasteiger partial charge in [-0.1, -0.05) is 6.08 Å². The van der Waals surface area contributed by atoms with Gasteiger partial charge in [-0.25, -0.2) is 0 Å². The first-order valence-corrected chi connectivity index (χ1v) is 3.17. The Hall–Kier alpha value is -0.340. The highest BCUT2D eigenvalue weighted by atomic mass is 16.5. The Morgan fingerprint density at radius 1 is 1.78 bits per heavy atom. The van der Waals surface area contributed by atoms with Crippen LogP contribution in [0.15, 0.2) is 12.7 Å². The Labute approximate surface area is 56.9 Å². The highest BCUT2D eigenvalue weighted by molar-refractivity contribution is 4.65. The van der Waals surface area contributed by atoms with Crippen molar-refractivity contribution in [3.63, 3.8) is 0 Å². The van der Waals surface area contributed by atoms with Crippen LogP contribution in [0.1, 0.15) is 6.92 Å². The Bertz CT molecular complexity index is 73.3. The third-order valence-corrected chi connectivity index (χ3v) is 1.10. The zero-order chi connectivity index (χ0) is 7.11. The monoisotopic (exact) mass is 129 g/mol. The highest BCUT2D eigenvalue weighted by Crippen LogP contribution is 1.81. The second-order valence-corrected chi connectivity index (χ2v) is 2.02. The predicted molar refractivity (Wildman–Crippen MR) is 39.5 cm³/mol. The van der Waals surface area contributed by atoms with E-state index in [-0.39, 0.29) is 0 Å². The maximum absolute atomic E-state index is 5.15. The molecular formula is C7H15NO. The lowest BCUT2D eigenvalue weighted by Crippen LogP contribution is -2.26. The molecule has 0 aliphatic heterocycles. The molecule has 0 aromatic heterocycles. The Kier molecular flexibility index (Phi) is 5.57. The van der Waals surface area contributed by atoms with Crippen molar-refractivity contribution in [2.24, 2.45) is 0 Å². The molecule has 0 aliphatic rings. The highest BCUT2D eigenvalue weighted by Gasteiger charge is 1.94. The van der Waals surface area contributed by atoms with E-state index >= 15 is 0 Å².